The molecular formula is C17H30N2. The van der Waals surface area contributed by atoms with Crippen LogP contribution in [-0.4, -0.2) is 20.1 Å². The predicted molar refractivity (Wildman–Crippen MR) is 85.9 cm³/mol. The van der Waals surface area contributed by atoms with Crippen LogP contribution in [0.1, 0.15) is 44.7 Å². The molecule has 0 aliphatic heterocycles. The Morgan fingerprint density at radius 3 is 2.58 bits per heavy atom. The van der Waals surface area contributed by atoms with Crippen LogP contribution < -0.4 is 10.2 Å². The van der Waals surface area contributed by atoms with Gasteiger partial charge in [0, 0.05) is 25.8 Å². The van der Waals surface area contributed by atoms with E-state index in [1.165, 1.54) is 29.7 Å². The highest BCUT2D eigenvalue weighted by atomic mass is 15.1. The maximum Gasteiger partial charge on any atom is 0.0393 e. The first-order valence-electron chi connectivity index (χ1n) is 7.56. The summed E-state index contributed by atoms with van der Waals surface area (Å²) in [6.07, 6.45) is 2.44. The van der Waals surface area contributed by atoms with Crippen LogP contribution in [0.25, 0.3) is 0 Å². The first-order chi connectivity index (χ1) is 9.04. The lowest BCUT2D eigenvalue weighted by Crippen LogP contribution is -2.21. The Labute approximate surface area is 119 Å². The lowest BCUT2D eigenvalue weighted by Gasteiger charge is -2.23. The Hall–Kier alpha value is -1.02. The van der Waals surface area contributed by atoms with E-state index >= 15 is 0 Å². The van der Waals surface area contributed by atoms with E-state index < -0.39 is 0 Å². The maximum atomic E-state index is 3.45. The van der Waals surface area contributed by atoms with E-state index in [0.717, 1.165) is 25.6 Å². The molecule has 1 N–H and O–H groups in total. The quantitative estimate of drug-likeness (QED) is 0.713. The zero-order valence-electron chi connectivity index (χ0n) is 13.3. The molecule has 0 spiro atoms. The number of benzene rings is 1. The molecular weight excluding hydrogens is 232 g/mol. The molecule has 0 fully saturated rings. The van der Waals surface area contributed by atoms with Gasteiger partial charge in [-0.1, -0.05) is 32.9 Å². The van der Waals surface area contributed by atoms with Crippen LogP contribution in [0.3, 0.4) is 0 Å². The Morgan fingerprint density at radius 2 is 2.00 bits per heavy atom. The van der Waals surface area contributed by atoms with Crippen molar-refractivity contribution < 1.29 is 0 Å². The predicted octanol–water partition coefficient (Wildman–Crippen LogP) is 3.98. The highest BCUT2D eigenvalue weighted by molar-refractivity contribution is 5.53. The lowest BCUT2D eigenvalue weighted by molar-refractivity contribution is 0.585. The molecule has 2 nitrogen and oxygen atoms in total. The largest absolute Gasteiger partial charge is 0.374 e. The number of hydrogen-bond acceptors (Lipinski definition) is 2. The lowest BCUT2D eigenvalue weighted by atomic mass is 10.1. The molecule has 1 aromatic rings. The highest BCUT2D eigenvalue weighted by Gasteiger charge is 2.06. The molecule has 0 atom stereocenters. The standard InChI is InChI=1S/C17H30N2/c1-6-10-18-13-16-7-8-17(15(4)12-16)19(5)11-9-14(2)3/h7-8,12,14,18H,6,9-11,13H2,1-5H3. The fourth-order valence-corrected chi connectivity index (χ4v) is 2.24. The van der Waals surface area contributed by atoms with Crippen molar-refractivity contribution in [3.8, 4) is 0 Å². The number of nitrogens with one attached hydrogen (secondary N) is 1. The normalized spacial score (nSPS) is 11.1. The fraction of sp³-hybridized carbons (Fsp3) is 0.647. The molecule has 1 aromatic carbocycles. The third-order valence-corrected chi connectivity index (χ3v) is 3.47. The van der Waals surface area contributed by atoms with Gasteiger partial charge in [-0.3, -0.25) is 0 Å². The van der Waals surface area contributed by atoms with E-state index in [-0.39, 0.29) is 0 Å². The van der Waals surface area contributed by atoms with Gasteiger partial charge >= 0.3 is 0 Å². The van der Waals surface area contributed by atoms with Gasteiger partial charge in [-0.05, 0) is 49.4 Å². The molecule has 108 valence electrons. The van der Waals surface area contributed by atoms with Gasteiger partial charge < -0.3 is 10.2 Å². The summed E-state index contributed by atoms with van der Waals surface area (Å²) in [7, 11) is 2.19. The van der Waals surface area contributed by atoms with Crippen LogP contribution in [0.5, 0.6) is 0 Å². The molecule has 0 aliphatic carbocycles. The van der Waals surface area contributed by atoms with Gasteiger partial charge in [0.05, 0.1) is 0 Å². The SMILES string of the molecule is CCCNCc1ccc(N(C)CCC(C)C)c(C)c1. The summed E-state index contributed by atoms with van der Waals surface area (Å²) in [6.45, 7) is 12.2. The van der Waals surface area contributed by atoms with E-state index in [0.29, 0.717) is 0 Å². The van der Waals surface area contributed by atoms with Crippen LogP contribution in [0.2, 0.25) is 0 Å². The second-order valence-electron chi connectivity index (χ2n) is 5.90. The van der Waals surface area contributed by atoms with E-state index in [1.807, 2.05) is 0 Å². The zero-order chi connectivity index (χ0) is 14.3. The third-order valence-electron chi connectivity index (χ3n) is 3.47. The zero-order valence-corrected chi connectivity index (χ0v) is 13.3. The van der Waals surface area contributed by atoms with Crippen LogP contribution >= 0.6 is 0 Å². The summed E-state index contributed by atoms with van der Waals surface area (Å²) < 4.78 is 0. The average Bonchev–Trinajstić information content (AvgIpc) is 2.36. The number of anilines is 1. The Kier molecular flexibility index (Phi) is 6.93. The van der Waals surface area contributed by atoms with Crippen LogP contribution in [-0.2, 0) is 6.54 Å². The van der Waals surface area contributed by atoms with Gasteiger partial charge in [0.25, 0.3) is 0 Å². The second kappa shape index (κ2) is 8.21. The molecule has 2 heteroatoms. The summed E-state index contributed by atoms with van der Waals surface area (Å²) in [6, 6.07) is 6.82. The van der Waals surface area contributed by atoms with Crippen LogP contribution in [0.15, 0.2) is 18.2 Å². The Morgan fingerprint density at radius 1 is 1.26 bits per heavy atom. The molecule has 0 saturated heterocycles. The molecule has 0 aliphatic rings. The second-order valence-corrected chi connectivity index (χ2v) is 5.90. The summed E-state index contributed by atoms with van der Waals surface area (Å²) in [5.74, 6) is 0.764. The van der Waals surface area contributed by atoms with Crippen molar-refractivity contribution in [3.05, 3.63) is 29.3 Å². The van der Waals surface area contributed by atoms with Crippen molar-refractivity contribution in [2.24, 2.45) is 5.92 Å². The summed E-state index contributed by atoms with van der Waals surface area (Å²) in [5, 5.41) is 3.45. The van der Waals surface area contributed by atoms with Gasteiger partial charge in [0.1, 0.15) is 0 Å². The van der Waals surface area contributed by atoms with Crippen molar-refractivity contribution in [1.82, 2.24) is 5.32 Å². The first kappa shape index (κ1) is 16.0. The van der Waals surface area contributed by atoms with Crippen molar-refractivity contribution in [2.75, 3.05) is 25.0 Å². The molecule has 0 unspecified atom stereocenters. The molecule has 0 heterocycles. The number of rotatable bonds is 8. The van der Waals surface area contributed by atoms with Crippen molar-refractivity contribution in [2.45, 2.75) is 47.1 Å². The monoisotopic (exact) mass is 262 g/mol. The van der Waals surface area contributed by atoms with Crippen molar-refractivity contribution in [3.63, 3.8) is 0 Å². The van der Waals surface area contributed by atoms with Crippen LogP contribution in [0.4, 0.5) is 5.69 Å². The molecule has 1 rings (SSSR count). The van der Waals surface area contributed by atoms with E-state index in [4.69, 9.17) is 0 Å². The number of aryl methyl sites for hydroxylation is 1. The summed E-state index contributed by atoms with van der Waals surface area (Å²) >= 11 is 0. The molecule has 0 bridgehead atoms. The van der Waals surface area contributed by atoms with Crippen LogP contribution in [0, 0.1) is 12.8 Å². The maximum absolute atomic E-state index is 3.45. The van der Waals surface area contributed by atoms with Gasteiger partial charge in [0.15, 0.2) is 0 Å². The van der Waals surface area contributed by atoms with Crippen molar-refractivity contribution in [1.29, 1.82) is 0 Å². The summed E-state index contributed by atoms with van der Waals surface area (Å²) in [4.78, 5) is 2.37. The molecule has 0 radical (unpaired) electrons. The molecule has 19 heavy (non-hydrogen) atoms. The first-order valence-corrected chi connectivity index (χ1v) is 7.56. The highest BCUT2D eigenvalue weighted by Crippen LogP contribution is 2.21. The number of nitrogens with zero attached hydrogens (tertiary/aromatic N) is 1. The fourth-order valence-electron chi connectivity index (χ4n) is 2.24. The summed E-state index contributed by atoms with van der Waals surface area (Å²) in [5.41, 5.74) is 4.12. The Balaban J connectivity index is 2.60. The molecule has 0 amide bonds. The number of hydrogen-bond donors (Lipinski definition) is 1. The molecule has 0 saturated carbocycles. The minimum Gasteiger partial charge on any atom is -0.374 e. The van der Waals surface area contributed by atoms with E-state index in [9.17, 15) is 0 Å². The third kappa shape index (κ3) is 5.65. The van der Waals surface area contributed by atoms with Gasteiger partial charge in [-0.25, -0.2) is 0 Å². The minimum absolute atomic E-state index is 0.764. The van der Waals surface area contributed by atoms with E-state index in [1.54, 1.807) is 0 Å². The van der Waals surface area contributed by atoms with Crippen molar-refractivity contribution >= 4 is 5.69 Å². The average molecular weight is 262 g/mol. The van der Waals surface area contributed by atoms with Gasteiger partial charge in [0.2, 0.25) is 0 Å². The van der Waals surface area contributed by atoms with Gasteiger partial charge in [-0.2, -0.15) is 0 Å². The van der Waals surface area contributed by atoms with E-state index in [2.05, 4.69) is 63.2 Å². The Bertz CT molecular complexity index is 372. The molecule has 0 aromatic heterocycles. The van der Waals surface area contributed by atoms with Gasteiger partial charge in [-0.15, -0.1) is 0 Å². The minimum atomic E-state index is 0.764. The topological polar surface area (TPSA) is 15.3 Å². The smallest absolute Gasteiger partial charge is 0.0393 e.